The van der Waals surface area contributed by atoms with Crippen molar-refractivity contribution in [3.8, 4) is 5.75 Å². The van der Waals surface area contributed by atoms with Crippen molar-refractivity contribution >= 4 is 23.2 Å². The molecule has 3 aromatic rings. The Morgan fingerprint density at radius 1 is 1.20 bits per heavy atom. The minimum absolute atomic E-state index is 0.0595. The third-order valence-electron chi connectivity index (χ3n) is 5.06. The highest BCUT2D eigenvalue weighted by Gasteiger charge is 2.37. The minimum atomic E-state index is -0.591. The lowest BCUT2D eigenvalue weighted by Crippen LogP contribution is -2.27. The van der Waals surface area contributed by atoms with E-state index < -0.39 is 11.9 Å². The smallest absolute Gasteiger partial charge is 0.311 e. The van der Waals surface area contributed by atoms with Gasteiger partial charge in [-0.1, -0.05) is 18.2 Å². The number of methoxy groups -OCH3 is 1. The number of ether oxygens (including phenoxy) is 2. The molecule has 0 bridgehead atoms. The highest BCUT2D eigenvalue weighted by atomic mass is 16.5. The highest BCUT2D eigenvalue weighted by Crippen LogP contribution is 2.33. The molecule has 1 atom stereocenters. The van der Waals surface area contributed by atoms with Crippen molar-refractivity contribution < 1.29 is 19.1 Å². The monoisotopic (exact) mass is 407 g/mol. The lowest BCUT2D eigenvalue weighted by atomic mass is 10.1. The van der Waals surface area contributed by atoms with Crippen LogP contribution in [0.15, 0.2) is 53.5 Å². The van der Waals surface area contributed by atoms with Crippen LogP contribution < -0.4 is 15.2 Å². The van der Waals surface area contributed by atoms with Gasteiger partial charge in [0.25, 0.3) is 5.56 Å². The van der Waals surface area contributed by atoms with Gasteiger partial charge in [0.1, 0.15) is 18.0 Å². The van der Waals surface area contributed by atoms with Gasteiger partial charge < -0.3 is 14.4 Å². The number of carbonyl (C=O) groups excluding carboxylic acids is 2. The molecule has 1 aliphatic heterocycles. The molecule has 154 valence electrons. The van der Waals surface area contributed by atoms with Gasteiger partial charge in [-0.25, -0.2) is 4.98 Å². The number of hydrogen-bond donors (Lipinski definition) is 0. The number of benzene rings is 1. The second-order valence-electron chi connectivity index (χ2n) is 7.21. The molecule has 1 fully saturated rings. The molecule has 3 heterocycles. The van der Waals surface area contributed by atoms with Crippen molar-refractivity contribution in [1.29, 1.82) is 0 Å². The summed E-state index contributed by atoms with van der Waals surface area (Å²) in [6, 6.07) is 12.1. The van der Waals surface area contributed by atoms with Gasteiger partial charge in [0.15, 0.2) is 0 Å². The maximum atomic E-state index is 12.5. The van der Waals surface area contributed by atoms with Crippen molar-refractivity contribution in [2.45, 2.75) is 20.0 Å². The first-order valence-corrected chi connectivity index (χ1v) is 9.55. The molecular weight excluding hydrogens is 386 g/mol. The Kier molecular flexibility index (Phi) is 5.22. The van der Waals surface area contributed by atoms with Crippen LogP contribution in [0.2, 0.25) is 0 Å². The molecule has 0 aliphatic carbocycles. The Morgan fingerprint density at radius 3 is 2.80 bits per heavy atom. The molecule has 2 aromatic heterocycles. The Bertz CT molecular complexity index is 1190. The van der Waals surface area contributed by atoms with Crippen LogP contribution in [0, 0.1) is 12.8 Å². The quantitative estimate of drug-likeness (QED) is 0.602. The standard InChI is InChI=1S/C22H21N3O5/c1-14-7-8-19-23-16(10-21(27)25(19)11-14)13-30-22(28)15-9-20(26)24(12-15)17-5-3-4-6-18(17)29-2/h3-8,10-11,15H,9,12-13H2,1-2H3/t15-/m0/s1. The number of amides is 1. The van der Waals surface area contributed by atoms with E-state index in [9.17, 15) is 14.4 Å². The van der Waals surface area contributed by atoms with E-state index in [0.29, 0.717) is 22.8 Å². The van der Waals surface area contributed by atoms with Crippen molar-refractivity contribution in [2.24, 2.45) is 5.92 Å². The molecule has 8 nitrogen and oxygen atoms in total. The van der Waals surface area contributed by atoms with Crippen molar-refractivity contribution in [1.82, 2.24) is 9.38 Å². The lowest BCUT2D eigenvalue weighted by molar-refractivity contribution is -0.149. The number of nitrogens with zero attached hydrogens (tertiary/aromatic N) is 3. The summed E-state index contributed by atoms with van der Waals surface area (Å²) in [7, 11) is 1.53. The molecule has 0 N–H and O–H groups in total. The summed E-state index contributed by atoms with van der Waals surface area (Å²) in [5.74, 6) is -0.687. The number of fused-ring (bicyclic) bond motifs is 1. The lowest BCUT2D eigenvalue weighted by Gasteiger charge is -2.19. The van der Waals surface area contributed by atoms with Gasteiger partial charge in [0.05, 0.1) is 24.4 Å². The summed E-state index contributed by atoms with van der Waals surface area (Å²) in [4.78, 5) is 43.2. The molecule has 30 heavy (non-hydrogen) atoms. The Balaban J connectivity index is 1.45. The fraction of sp³-hybridized carbons (Fsp3) is 0.273. The summed E-state index contributed by atoms with van der Waals surface area (Å²) >= 11 is 0. The summed E-state index contributed by atoms with van der Waals surface area (Å²) < 4.78 is 12.1. The van der Waals surface area contributed by atoms with Crippen LogP contribution in [-0.2, 0) is 20.9 Å². The van der Waals surface area contributed by atoms with Gasteiger partial charge >= 0.3 is 5.97 Å². The molecule has 1 saturated heterocycles. The van der Waals surface area contributed by atoms with E-state index in [-0.39, 0.29) is 31.0 Å². The number of para-hydroxylation sites is 2. The third kappa shape index (κ3) is 3.76. The van der Waals surface area contributed by atoms with Crippen molar-refractivity contribution in [2.75, 3.05) is 18.6 Å². The molecule has 0 spiro atoms. The van der Waals surface area contributed by atoms with E-state index in [1.165, 1.54) is 22.5 Å². The van der Waals surface area contributed by atoms with Gasteiger partial charge in [0, 0.05) is 25.2 Å². The molecule has 0 unspecified atom stereocenters. The number of rotatable bonds is 5. The predicted molar refractivity (Wildman–Crippen MR) is 109 cm³/mol. The molecule has 0 saturated carbocycles. The zero-order valence-corrected chi connectivity index (χ0v) is 16.7. The number of carbonyl (C=O) groups is 2. The summed E-state index contributed by atoms with van der Waals surface area (Å²) in [6.07, 6.45) is 1.76. The molecule has 1 aliphatic rings. The van der Waals surface area contributed by atoms with Crippen molar-refractivity contribution in [3.05, 3.63) is 70.3 Å². The Labute approximate surface area is 172 Å². The van der Waals surface area contributed by atoms with E-state index in [2.05, 4.69) is 4.98 Å². The average Bonchev–Trinajstić information content (AvgIpc) is 3.14. The first-order valence-electron chi connectivity index (χ1n) is 9.55. The van der Waals surface area contributed by atoms with E-state index in [1.54, 1.807) is 24.4 Å². The normalized spacial score (nSPS) is 16.1. The Hall–Kier alpha value is -3.68. The topological polar surface area (TPSA) is 90.2 Å². The fourth-order valence-electron chi connectivity index (χ4n) is 3.55. The van der Waals surface area contributed by atoms with Gasteiger partial charge in [0.2, 0.25) is 5.91 Å². The van der Waals surface area contributed by atoms with Crippen LogP contribution >= 0.6 is 0 Å². The third-order valence-corrected chi connectivity index (χ3v) is 5.06. The molecular formula is C22H21N3O5. The number of pyridine rings is 1. The maximum absolute atomic E-state index is 12.5. The first kappa shape index (κ1) is 19.6. The predicted octanol–water partition coefficient (Wildman–Crippen LogP) is 2.11. The van der Waals surface area contributed by atoms with Crippen LogP contribution in [0.4, 0.5) is 5.69 Å². The highest BCUT2D eigenvalue weighted by molar-refractivity contribution is 6.00. The van der Waals surface area contributed by atoms with Gasteiger partial charge in [-0.3, -0.25) is 18.8 Å². The van der Waals surface area contributed by atoms with Crippen LogP contribution in [0.3, 0.4) is 0 Å². The molecule has 8 heteroatoms. The van der Waals surface area contributed by atoms with Crippen LogP contribution in [0.25, 0.3) is 5.65 Å². The number of anilines is 1. The van der Waals surface area contributed by atoms with E-state index in [1.807, 2.05) is 25.1 Å². The van der Waals surface area contributed by atoms with Gasteiger partial charge in [-0.2, -0.15) is 0 Å². The minimum Gasteiger partial charge on any atom is -0.495 e. The summed E-state index contributed by atoms with van der Waals surface area (Å²) in [6.45, 7) is 1.97. The van der Waals surface area contributed by atoms with Crippen LogP contribution in [-0.4, -0.2) is 34.9 Å². The summed E-state index contributed by atoms with van der Waals surface area (Å²) in [5.41, 5.74) is 2.17. The largest absolute Gasteiger partial charge is 0.495 e. The Morgan fingerprint density at radius 2 is 2.00 bits per heavy atom. The molecule has 4 rings (SSSR count). The first-order chi connectivity index (χ1) is 14.5. The number of aryl methyl sites for hydroxylation is 1. The zero-order valence-electron chi connectivity index (χ0n) is 16.7. The van der Waals surface area contributed by atoms with E-state index >= 15 is 0 Å². The summed E-state index contributed by atoms with van der Waals surface area (Å²) in [5, 5.41) is 0. The van der Waals surface area contributed by atoms with Crippen LogP contribution in [0.1, 0.15) is 17.7 Å². The van der Waals surface area contributed by atoms with E-state index in [0.717, 1.165) is 5.56 Å². The van der Waals surface area contributed by atoms with Crippen LogP contribution in [0.5, 0.6) is 5.75 Å². The number of esters is 1. The second kappa shape index (κ2) is 7.98. The van der Waals surface area contributed by atoms with Crippen molar-refractivity contribution in [3.63, 3.8) is 0 Å². The SMILES string of the molecule is COc1ccccc1N1C[C@@H](C(=O)OCc2cc(=O)n3cc(C)ccc3n2)CC1=O. The van der Waals surface area contributed by atoms with Gasteiger partial charge in [-0.15, -0.1) is 0 Å². The average molecular weight is 407 g/mol. The molecule has 1 aromatic carbocycles. The van der Waals surface area contributed by atoms with Gasteiger partial charge in [-0.05, 0) is 30.7 Å². The maximum Gasteiger partial charge on any atom is 0.311 e. The van der Waals surface area contributed by atoms with E-state index in [4.69, 9.17) is 9.47 Å². The molecule has 0 radical (unpaired) electrons. The fourth-order valence-corrected chi connectivity index (χ4v) is 3.55. The number of aromatic nitrogens is 2. The molecule has 1 amide bonds. The zero-order chi connectivity index (χ0) is 21.3. The second-order valence-corrected chi connectivity index (χ2v) is 7.21. The number of hydrogen-bond acceptors (Lipinski definition) is 6.